The van der Waals surface area contributed by atoms with Gasteiger partial charge >= 0.3 is 0 Å². The van der Waals surface area contributed by atoms with Crippen LogP contribution in [-0.2, 0) is 0 Å². The fourth-order valence-electron chi connectivity index (χ4n) is 3.34. The topological polar surface area (TPSA) is 66.9 Å². The summed E-state index contributed by atoms with van der Waals surface area (Å²) in [7, 11) is 0. The number of aromatic nitrogens is 2. The molecular weight excluding hydrogens is 288 g/mol. The van der Waals surface area contributed by atoms with E-state index in [1.807, 2.05) is 0 Å². The third-order valence-electron chi connectivity index (χ3n) is 4.72. The molecular formula is C18H26N4O. The summed E-state index contributed by atoms with van der Waals surface area (Å²) in [5, 5.41) is 6.29. The van der Waals surface area contributed by atoms with Crippen molar-refractivity contribution >= 4 is 11.9 Å². The van der Waals surface area contributed by atoms with Crippen LogP contribution in [0, 0.1) is 0 Å². The van der Waals surface area contributed by atoms with E-state index in [9.17, 15) is 4.79 Å². The molecule has 1 heterocycles. The zero-order valence-corrected chi connectivity index (χ0v) is 13.7. The van der Waals surface area contributed by atoms with Crippen LogP contribution in [0.2, 0.25) is 0 Å². The van der Waals surface area contributed by atoms with Gasteiger partial charge in [0.05, 0.1) is 5.56 Å². The minimum absolute atomic E-state index is 0.0594. The lowest BCUT2D eigenvalue weighted by molar-refractivity contribution is 0.0937. The molecule has 1 amide bonds. The van der Waals surface area contributed by atoms with Crippen LogP contribution in [0.4, 0.5) is 5.95 Å². The molecule has 5 nitrogen and oxygen atoms in total. The normalized spacial score (nSPS) is 18.5. The zero-order valence-electron chi connectivity index (χ0n) is 13.7. The Morgan fingerprint density at radius 2 is 1.91 bits per heavy atom. The molecule has 0 radical (unpaired) electrons. The molecule has 0 atom stereocenters. The number of hydrogen-bond donors (Lipinski definition) is 2. The van der Waals surface area contributed by atoms with Crippen LogP contribution < -0.4 is 10.6 Å². The van der Waals surface area contributed by atoms with Crippen molar-refractivity contribution in [1.29, 1.82) is 0 Å². The van der Waals surface area contributed by atoms with Crippen LogP contribution in [0.15, 0.2) is 24.0 Å². The molecule has 1 aromatic rings. The number of carbonyl (C=O) groups excluding carboxylic acids is 1. The highest BCUT2D eigenvalue weighted by atomic mass is 16.1. The molecule has 3 rings (SSSR count). The van der Waals surface area contributed by atoms with Crippen LogP contribution >= 0.6 is 0 Å². The van der Waals surface area contributed by atoms with E-state index in [4.69, 9.17) is 0 Å². The Balaban J connectivity index is 1.44. The predicted molar refractivity (Wildman–Crippen MR) is 91.4 cm³/mol. The number of rotatable bonds is 6. The van der Waals surface area contributed by atoms with Crippen molar-refractivity contribution < 1.29 is 4.79 Å². The Bertz CT molecular complexity index is 547. The van der Waals surface area contributed by atoms with Crippen molar-refractivity contribution in [1.82, 2.24) is 15.3 Å². The Morgan fingerprint density at radius 3 is 2.61 bits per heavy atom. The Labute approximate surface area is 138 Å². The van der Waals surface area contributed by atoms with Gasteiger partial charge in [-0.2, -0.15) is 0 Å². The molecule has 1 fully saturated rings. The molecule has 2 aliphatic carbocycles. The van der Waals surface area contributed by atoms with E-state index in [1.165, 1.54) is 44.1 Å². The molecule has 5 heteroatoms. The molecule has 0 spiro atoms. The molecule has 124 valence electrons. The number of carbonyl (C=O) groups is 1. The van der Waals surface area contributed by atoms with Gasteiger partial charge in [0.25, 0.3) is 5.91 Å². The van der Waals surface area contributed by atoms with Crippen LogP contribution in [0.25, 0.3) is 0 Å². The number of allylic oxidation sites excluding steroid dienone is 1. The van der Waals surface area contributed by atoms with E-state index in [2.05, 4.69) is 26.7 Å². The molecule has 0 aliphatic heterocycles. The molecule has 2 aliphatic rings. The third kappa shape index (κ3) is 4.78. The summed E-state index contributed by atoms with van der Waals surface area (Å²) in [6.07, 6.45) is 16.3. The van der Waals surface area contributed by atoms with Gasteiger partial charge in [-0.05, 0) is 44.9 Å². The standard InChI is InChI=1S/C18H26N4O/c23-17(22-16-8-4-5-9-16)15-12-20-18(21-13-15)19-11-10-14-6-2-1-3-7-14/h6,12-13,16H,1-5,7-11H2,(H,22,23)(H,19,20,21). The summed E-state index contributed by atoms with van der Waals surface area (Å²) in [5.41, 5.74) is 2.08. The second-order valence-corrected chi connectivity index (χ2v) is 6.54. The van der Waals surface area contributed by atoms with Crippen molar-refractivity contribution in [2.24, 2.45) is 0 Å². The number of amides is 1. The highest BCUT2D eigenvalue weighted by Gasteiger charge is 2.18. The Morgan fingerprint density at radius 1 is 1.13 bits per heavy atom. The summed E-state index contributed by atoms with van der Waals surface area (Å²) >= 11 is 0. The van der Waals surface area contributed by atoms with Gasteiger partial charge in [-0.3, -0.25) is 4.79 Å². The van der Waals surface area contributed by atoms with Gasteiger partial charge in [0.15, 0.2) is 0 Å². The average molecular weight is 314 g/mol. The minimum atomic E-state index is -0.0594. The lowest BCUT2D eigenvalue weighted by Crippen LogP contribution is -2.32. The van der Waals surface area contributed by atoms with Crippen LogP contribution in [0.3, 0.4) is 0 Å². The molecule has 2 N–H and O–H groups in total. The van der Waals surface area contributed by atoms with Crippen molar-refractivity contribution in [2.75, 3.05) is 11.9 Å². The van der Waals surface area contributed by atoms with Gasteiger partial charge in [-0.1, -0.05) is 24.5 Å². The fraction of sp³-hybridized carbons (Fsp3) is 0.611. The highest BCUT2D eigenvalue weighted by molar-refractivity contribution is 5.93. The van der Waals surface area contributed by atoms with E-state index in [1.54, 1.807) is 12.4 Å². The first-order valence-electron chi connectivity index (χ1n) is 8.86. The van der Waals surface area contributed by atoms with Crippen molar-refractivity contribution in [3.05, 3.63) is 29.6 Å². The lowest BCUT2D eigenvalue weighted by atomic mass is 9.97. The molecule has 0 aromatic carbocycles. The number of hydrogen-bond acceptors (Lipinski definition) is 4. The van der Waals surface area contributed by atoms with Crippen LogP contribution in [0.1, 0.15) is 68.1 Å². The van der Waals surface area contributed by atoms with Gasteiger partial charge in [0, 0.05) is 25.0 Å². The van der Waals surface area contributed by atoms with Crippen molar-refractivity contribution in [3.63, 3.8) is 0 Å². The summed E-state index contributed by atoms with van der Waals surface area (Å²) < 4.78 is 0. The van der Waals surface area contributed by atoms with Gasteiger partial charge < -0.3 is 10.6 Å². The quantitative estimate of drug-likeness (QED) is 0.789. The molecule has 1 aromatic heterocycles. The fourth-order valence-corrected chi connectivity index (χ4v) is 3.34. The van der Waals surface area contributed by atoms with Gasteiger partial charge in [0.2, 0.25) is 5.95 Å². The molecule has 1 saturated carbocycles. The zero-order chi connectivity index (χ0) is 15.9. The summed E-state index contributed by atoms with van der Waals surface area (Å²) in [4.78, 5) is 20.6. The molecule has 0 unspecified atom stereocenters. The lowest BCUT2D eigenvalue weighted by Gasteiger charge is -2.13. The van der Waals surface area contributed by atoms with Gasteiger partial charge in [0.1, 0.15) is 0 Å². The first-order valence-corrected chi connectivity index (χ1v) is 8.86. The second-order valence-electron chi connectivity index (χ2n) is 6.54. The highest BCUT2D eigenvalue weighted by Crippen LogP contribution is 2.20. The van der Waals surface area contributed by atoms with Gasteiger partial charge in [-0.25, -0.2) is 9.97 Å². The smallest absolute Gasteiger partial charge is 0.254 e. The van der Waals surface area contributed by atoms with Crippen molar-refractivity contribution in [3.8, 4) is 0 Å². The van der Waals surface area contributed by atoms with Crippen LogP contribution in [-0.4, -0.2) is 28.5 Å². The van der Waals surface area contributed by atoms with E-state index in [0.29, 0.717) is 17.6 Å². The number of nitrogens with zero attached hydrogens (tertiary/aromatic N) is 2. The summed E-state index contributed by atoms with van der Waals surface area (Å²) in [6.45, 7) is 0.847. The SMILES string of the molecule is O=C(NC1CCCC1)c1cnc(NCCC2=CCCCC2)nc1. The summed E-state index contributed by atoms with van der Waals surface area (Å²) in [5.74, 6) is 0.537. The predicted octanol–water partition coefficient (Wildman–Crippen LogP) is 3.45. The largest absolute Gasteiger partial charge is 0.354 e. The maximum atomic E-state index is 12.1. The molecule has 0 saturated heterocycles. The molecule has 23 heavy (non-hydrogen) atoms. The van der Waals surface area contributed by atoms with E-state index in [-0.39, 0.29) is 5.91 Å². The van der Waals surface area contributed by atoms with Crippen molar-refractivity contribution in [2.45, 2.75) is 63.8 Å². The van der Waals surface area contributed by atoms with E-state index in [0.717, 1.165) is 25.8 Å². The van der Waals surface area contributed by atoms with E-state index >= 15 is 0 Å². The van der Waals surface area contributed by atoms with E-state index < -0.39 is 0 Å². The maximum Gasteiger partial charge on any atom is 0.254 e. The first kappa shape index (κ1) is 16.0. The number of nitrogens with one attached hydrogen (secondary N) is 2. The van der Waals surface area contributed by atoms with Crippen LogP contribution in [0.5, 0.6) is 0 Å². The van der Waals surface area contributed by atoms with Gasteiger partial charge in [-0.15, -0.1) is 0 Å². The Hall–Kier alpha value is -1.91. The Kier molecular flexibility index (Phi) is 5.61. The molecule has 0 bridgehead atoms. The summed E-state index contributed by atoms with van der Waals surface area (Å²) in [6, 6.07) is 0.323. The average Bonchev–Trinajstić information content (AvgIpc) is 3.09. The number of anilines is 1. The maximum absolute atomic E-state index is 12.1. The first-order chi connectivity index (χ1) is 11.3. The third-order valence-corrected chi connectivity index (χ3v) is 4.72. The minimum Gasteiger partial charge on any atom is -0.354 e. The monoisotopic (exact) mass is 314 g/mol. The second kappa shape index (κ2) is 8.09.